The third-order valence-electron chi connectivity index (χ3n) is 4.67. The van der Waals surface area contributed by atoms with Gasteiger partial charge in [0.15, 0.2) is 5.75 Å². The van der Waals surface area contributed by atoms with Crippen LogP contribution in [0.4, 0.5) is 5.69 Å². The van der Waals surface area contributed by atoms with E-state index in [9.17, 15) is 18.3 Å². The second-order valence-corrected chi connectivity index (χ2v) is 10.3. The lowest BCUT2D eigenvalue weighted by Gasteiger charge is -2.30. The van der Waals surface area contributed by atoms with Crippen LogP contribution in [0.2, 0.25) is 10.0 Å². The fourth-order valence-electron chi connectivity index (χ4n) is 2.91. The number of sulfonamides is 1. The highest BCUT2D eigenvalue weighted by Crippen LogP contribution is 2.40. The minimum absolute atomic E-state index is 0.0848. The molecule has 2 aromatic carbocycles. The molecule has 0 spiro atoms. The monoisotopic (exact) mass is 518 g/mol. The molecule has 2 aromatic rings. The first-order valence-corrected chi connectivity index (χ1v) is 12.2. The number of likely N-dealkylation sites (N-methyl/N-ethyl adjacent to an activating group) is 2. The van der Waals surface area contributed by atoms with Crippen molar-refractivity contribution in [2.45, 2.75) is 4.90 Å². The van der Waals surface area contributed by atoms with Gasteiger partial charge >= 0.3 is 5.97 Å². The van der Waals surface area contributed by atoms with Gasteiger partial charge in [-0.2, -0.15) is 0 Å². The van der Waals surface area contributed by atoms with Gasteiger partial charge < -0.3 is 24.5 Å². The van der Waals surface area contributed by atoms with Gasteiger partial charge in [0, 0.05) is 32.2 Å². The fourth-order valence-corrected chi connectivity index (χ4v) is 3.90. The summed E-state index contributed by atoms with van der Waals surface area (Å²) in [5, 5.41) is 15.6. The van der Waals surface area contributed by atoms with E-state index in [0.717, 1.165) is 6.07 Å². The molecule has 0 aromatic heterocycles. The third kappa shape index (κ3) is 7.73. The predicted octanol–water partition coefficient (Wildman–Crippen LogP) is 3.06. The molecule has 2 rings (SSSR count). The van der Waals surface area contributed by atoms with Crippen molar-refractivity contribution < 1.29 is 23.1 Å². The Bertz CT molecular complexity index is 1100. The molecule has 3 N–H and O–H groups in total. The van der Waals surface area contributed by atoms with E-state index in [2.05, 4.69) is 0 Å². The van der Waals surface area contributed by atoms with Gasteiger partial charge in [-0.25, -0.2) is 18.4 Å². The van der Waals surface area contributed by atoms with Crippen LogP contribution in [-0.2, 0) is 10.0 Å². The number of carbonyl (C=O) groups is 1. The van der Waals surface area contributed by atoms with E-state index in [-0.39, 0.29) is 27.8 Å². The molecule has 9 nitrogen and oxygen atoms in total. The first kappa shape index (κ1) is 27.2. The molecule has 0 saturated carbocycles. The summed E-state index contributed by atoms with van der Waals surface area (Å²) in [7, 11) is 3.27. The van der Waals surface area contributed by atoms with Gasteiger partial charge in [0.05, 0.1) is 21.3 Å². The molecule has 182 valence electrons. The minimum Gasteiger partial charge on any atom is -0.478 e. The maximum Gasteiger partial charge on any atom is 0.335 e. The number of primary sulfonamides is 1. The molecule has 0 unspecified atom stereocenters. The zero-order valence-corrected chi connectivity index (χ0v) is 21.2. The first-order valence-electron chi connectivity index (χ1n) is 9.91. The number of hydrogen-bond acceptors (Lipinski definition) is 7. The number of rotatable bonds is 11. The van der Waals surface area contributed by atoms with Crippen LogP contribution in [0.25, 0.3) is 0 Å². The van der Waals surface area contributed by atoms with Crippen molar-refractivity contribution in [1.29, 1.82) is 0 Å². The molecule has 12 heteroatoms. The lowest BCUT2D eigenvalue weighted by Crippen LogP contribution is -2.37. The van der Waals surface area contributed by atoms with Crippen LogP contribution in [0.15, 0.2) is 35.2 Å². The number of carboxylic acid groups (broad SMARTS) is 1. The number of carboxylic acids is 1. The van der Waals surface area contributed by atoms with E-state index in [1.165, 1.54) is 24.3 Å². The Morgan fingerprint density at radius 3 is 2.00 bits per heavy atom. The largest absolute Gasteiger partial charge is 0.478 e. The second-order valence-electron chi connectivity index (χ2n) is 7.94. The van der Waals surface area contributed by atoms with Crippen LogP contribution in [-0.4, -0.2) is 83.7 Å². The van der Waals surface area contributed by atoms with Crippen molar-refractivity contribution in [3.8, 4) is 11.5 Å². The quantitative estimate of drug-likeness (QED) is 0.466. The Balaban J connectivity index is 2.75. The Morgan fingerprint density at radius 2 is 1.55 bits per heavy atom. The van der Waals surface area contributed by atoms with E-state index in [4.69, 9.17) is 33.1 Å². The fraction of sp³-hybridized carbons (Fsp3) is 0.381. The van der Waals surface area contributed by atoms with Crippen molar-refractivity contribution in [3.63, 3.8) is 0 Å². The number of aromatic carboxylic acids is 1. The maximum absolute atomic E-state index is 12.5. The summed E-state index contributed by atoms with van der Waals surface area (Å²) in [4.78, 5) is 17.1. The van der Waals surface area contributed by atoms with E-state index in [0.29, 0.717) is 31.2 Å². The Kier molecular flexibility index (Phi) is 9.36. The molecule has 0 aliphatic heterocycles. The van der Waals surface area contributed by atoms with Gasteiger partial charge in [0.25, 0.3) is 0 Å². The number of hydrogen-bond donors (Lipinski definition) is 2. The third-order valence-corrected chi connectivity index (χ3v) is 6.33. The Labute approximate surface area is 204 Å². The van der Waals surface area contributed by atoms with Crippen LogP contribution in [0.1, 0.15) is 10.4 Å². The molecule has 33 heavy (non-hydrogen) atoms. The summed E-state index contributed by atoms with van der Waals surface area (Å²) in [5.41, 5.74) is 0.0592. The number of anilines is 1. The Hall–Kier alpha value is -2.08. The molecule has 0 fully saturated rings. The van der Waals surface area contributed by atoms with Crippen LogP contribution < -0.4 is 14.8 Å². The number of ether oxygens (including phenoxy) is 1. The molecular formula is C21H28Cl2N4O5S. The highest BCUT2D eigenvalue weighted by atomic mass is 35.5. The summed E-state index contributed by atoms with van der Waals surface area (Å²) in [6, 6.07) is 6.85. The average molecular weight is 519 g/mol. The normalized spacial score (nSPS) is 11.8. The summed E-state index contributed by atoms with van der Waals surface area (Å²) >= 11 is 12.1. The van der Waals surface area contributed by atoms with Gasteiger partial charge in [0.1, 0.15) is 10.6 Å². The van der Waals surface area contributed by atoms with Crippen LogP contribution in [0.3, 0.4) is 0 Å². The van der Waals surface area contributed by atoms with Crippen molar-refractivity contribution in [3.05, 3.63) is 45.9 Å². The topological polar surface area (TPSA) is 116 Å². The molecule has 0 bridgehead atoms. The standard InChI is InChI=1S/C21H28Cl2N4O5S/c1-25(2)7-9-27(10-8-26(3)4)18-11-14(21(28)29)12-19(33(24,30)31)20(18)32-15-5-6-16(22)17(23)13-15/h5-6,11-13H,7-10H2,1-4H3,(H,28,29)(H2,24,30,31). The van der Waals surface area contributed by atoms with Crippen molar-refractivity contribution in [2.75, 3.05) is 59.3 Å². The second kappa shape index (κ2) is 11.4. The molecule has 0 amide bonds. The van der Waals surface area contributed by atoms with Crippen LogP contribution >= 0.6 is 23.2 Å². The molecule has 0 aliphatic rings. The number of halogens is 2. The van der Waals surface area contributed by atoms with Gasteiger partial charge in [-0.15, -0.1) is 0 Å². The average Bonchev–Trinajstić information content (AvgIpc) is 2.69. The van der Waals surface area contributed by atoms with E-state index in [1.807, 2.05) is 42.9 Å². The van der Waals surface area contributed by atoms with E-state index >= 15 is 0 Å². The van der Waals surface area contributed by atoms with Crippen molar-refractivity contribution >= 4 is 44.9 Å². The predicted molar refractivity (Wildman–Crippen MR) is 131 cm³/mol. The molecule has 0 atom stereocenters. The van der Waals surface area contributed by atoms with Crippen LogP contribution in [0, 0.1) is 0 Å². The molecule has 0 aliphatic carbocycles. The van der Waals surface area contributed by atoms with Gasteiger partial charge in [0.2, 0.25) is 10.0 Å². The zero-order valence-electron chi connectivity index (χ0n) is 18.9. The summed E-state index contributed by atoms with van der Waals surface area (Å²) in [5.74, 6) is -1.15. The highest BCUT2D eigenvalue weighted by Gasteiger charge is 2.26. The molecular weight excluding hydrogens is 491 g/mol. The number of nitrogens with two attached hydrogens (primary N) is 1. The highest BCUT2D eigenvalue weighted by molar-refractivity contribution is 7.89. The van der Waals surface area contributed by atoms with E-state index in [1.54, 1.807) is 0 Å². The van der Waals surface area contributed by atoms with E-state index < -0.39 is 20.9 Å². The first-order chi connectivity index (χ1) is 15.3. The molecule has 0 saturated heterocycles. The number of nitrogens with zero attached hydrogens (tertiary/aromatic N) is 3. The zero-order chi connectivity index (χ0) is 24.9. The SMILES string of the molecule is CN(C)CCN(CCN(C)C)c1cc(C(=O)O)cc(S(N)(=O)=O)c1Oc1ccc(Cl)c(Cl)c1. The lowest BCUT2D eigenvalue weighted by molar-refractivity contribution is 0.0696. The van der Waals surface area contributed by atoms with Gasteiger partial charge in [-0.1, -0.05) is 23.2 Å². The maximum atomic E-state index is 12.5. The van der Waals surface area contributed by atoms with Gasteiger partial charge in [-0.3, -0.25) is 0 Å². The Morgan fingerprint density at radius 1 is 0.970 bits per heavy atom. The van der Waals surface area contributed by atoms with Gasteiger partial charge in [-0.05, 0) is 52.5 Å². The molecule has 0 radical (unpaired) electrons. The molecule has 0 heterocycles. The summed E-state index contributed by atoms with van der Waals surface area (Å²) < 4.78 is 30.9. The van der Waals surface area contributed by atoms with Crippen molar-refractivity contribution in [2.24, 2.45) is 5.14 Å². The minimum atomic E-state index is -4.34. The summed E-state index contributed by atoms with van der Waals surface area (Å²) in [6.07, 6.45) is 0. The summed E-state index contributed by atoms with van der Waals surface area (Å²) in [6.45, 7) is 2.21. The number of benzene rings is 2. The smallest absolute Gasteiger partial charge is 0.335 e. The lowest BCUT2D eigenvalue weighted by atomic mass is 10.1. The van der Waals surface area contributed by atoms with Crippen molar-refractivity contribution in [1.82, 2.24) is 9.80 Å². The van der Waals surface area contributed by atoms with Crippen LogP contribution in [0.5, 0.6) is 11.5 Å².